The van der Waals surface area contributed by atoms with E-state index in [4.69, 9.17) is 28.6 Å². The number of carbonyl (C=O) groups is 2. The molecule has 0 bridgehead atoms. The Labute approximate surface area is 200 Å². The van der Waals surface area contributed by atoms with Crippen molar-refractivity contribution in [1.82, 2.24) is 5.32 Å². The van der Waals surface area contributed by atoms with Crippen LogP contribution in [0.2, 0.25) is 5.02 Å². The number of benzene rings is 3. The first kappa shape index (κ1) is 22.1. The monoisotopic (exact) mass is 480 g/mol. The van der Waals surface area contributed by atoms with E-state index in [1.807, 2.05) is 48.5 Å². The molecule has 5 nitrogen and oxygen atoms in total. The van der Waals surface area contributed by atoms with Crippen LogP contribution in [-0.2, 0) is 9.59 Å². The van der Waals surface area contributed by atoms with Crippen LogP contribution in [-0.4, -0.2) is 24.0 Å². The number of rotatable bonds is 5. The van der Waals surface area contributed by atoms with Crippen LogP contribution in [0.25, 0.3) is 6.08 Å². The van der Waals surface area contributed by atoms with Crippen molar-refractivity contribution in [2.45, 2.75) is 9.79 Å². The summed E-state index contributed by atoms with van der Waals surface area (Å²) in [4.78, 5) is 29.1. The summed E-state index contributed by atoms with van der Waals surface area (Å²) in [6, 6.07) is 22.1. The quantitative estimate of drug-likeness (QED) is 0.304. The Bertz CT molecular complexity index is 1220. The fraction of sp³-hybridized carbons (Fsp3) is 0.0417. The van der Waals surface area contributed by atoms with Gasteiger partial charge in [-0.2, -0.15) is 0 Å². The molecule has 0 spiro atoms. The van der Waals surface area contributed by atoms with Crippen molar-refractivity contribution in [3.63, 3.8) is 0 Å². The molecule has 4 rings (SSSR count). The van der Waals surface area contributed by atoms with E-state index in [1.54, 1.807) is 42.1 Å². The van der Waals surface area contributed by atoms with E-state index in [-0.39, 0.29) is 10.7 Å². The average molecular weight is 481 g/mol. The lowest BCUT2D eigenvalue weighted by Gasteiger charge is -2.29. The molecular weight excluding hydrogens is 464 g/mol. The number of methoxy groups -OCH3 is 1. The second kappa shape index (κ2) is 9.56. The number of anilines is 1. The maximum Gasteiger partial charge on any atom is 0.270 e. The number of nitrogens with zero attached hydrogens (tertiary/aromatic N) is 1. The highest BCUT2D eigenvalue weighted by Gasteiger charge is 2.35. The summed E-state index contributed by atoms with van der Waals surface area (Å²) in [6.45, 7) is 0. The Morgan fingerprint density at radius 1 is 0.969 bits per heavy atom. The van der Waals surface area contributed by atoms with Crippen molar-refractivity contribution in [1.29, 1.82) is 0 Å². The second-order valence-electron chi connectivity index (χ2n) is 6.75. The molecule has 0 unspecified atom stereocenters. The lowest BCUT2D eigenvalue weighted by Crippen LogP contribution is -2.54. The molecule has 0 atom stereocenters. The van der Waals surface area contributed by atoms with Gasteiger partial charge < -0.3 is 4.74 Å². The zero-order valence-corrected chi connectivity index (χ0v) is 19.3. The highest BCUT2D eigenvalue weighted by atomic mass is 35.5. The van der Waals surface area contributed by atoms with Crippen LogP contribution >= 0.6 is 35.6 Å². The number of ether oxygens (including phenoxy) is 1. The number of thiocarbonyl (C=S) groups is 1. The van der Waals surface area contributed by atoms with E-state index in [0.29, 0.717) is 16.5 Å². The summed E-state index contributed by atoms with van der Waals surface area (Å²) >= 11 is 12.8. The van der Waals surface area contributed by atoms with Gasteiger partial charge in [0.05, 0.1) is 12.8 Å². The summed E-state index contributed by atoms with van der Waals surface area (Å²) < 4.78 is 5.35. The normalized spacial score (nSPS) is 15.1. The number of halogens is 1. The van der Waals surface area contributed by atoms with Gasteiger partial charge in [0, 0.05) is 14.8 Å². The minimum atomic E-state index is -0.536. The molecule has 0 aliphatic carbocycles. The highest BCUT2D eigenvalue weighted by molar-refractivity contribution is 7.99. The standard InChI is InChI=1S/C24H17ClN2O3S2/c1-30-21-5-3-2-4-20(21)27-23(29)19(22(28)26-24(27)31)14-15-6-10-17(11-7-15)32-18-12-8-16(25)9-13-18/h2-14H,1H3,(H,26,28,31)/b19-14+. The molecular formula is C24H17ClN2O3S2. The van der Waals surface area contributed by atoms with Crippen LogP contribution < -0.4 is 15.0 Å². The first-order valence-corrected chi connectivity index (χ1v) is 11.1. The summed E-state index contributed by atoms with van der Waals surface area (Å²) in [5.74, 6) is -0.573. The molecule has 1 aliphatic heterocycles. The van der Waals surface area contributed by atoms with Gasteiger partial charge in [0.1, 0.15) is 11.3 Å². The molecule has 0 radical (unpaired) electrons. The van der Waals surface area contributed by atoms with Crippen molar-refractivity contribution in [2.24, 2.45) is 0 Å². The van der Waals surface area contributed by atoms with Crippen LogP contribution in [0.1, 0.15) is 5.56 Å². The van der Waals surface area contributed by atoms with Gasteiger partial charge in [-0.05, 0) is 72.4 Å². The largest absolute Gasteiger partial charge is 0.495 e. The summed E-state index contributed by atoms with van der Waals surface area (Å²) in [5, 5.41) is 3.29. The molecule has 1 N–H and O–H groups in total. The Kier molecular flexibility index (Phi) is 6.60. The van der Waals surface area contributed by atoms with E-state index < -0.39 is 11.8 Å². The van der Waals surface area contributed by atoms with Crippen molar-refractivity contribution in [3.05, 3.63) is 89.0 Å². The number of nitrogens with one attached hydrogen (secondary N) is 1. The summed E-state index contributed by atoms with van der Waals surface area (Å²) in [7, 11) is 1.51. The predicted octanol–water partition coefficient (Wildman–Crippen LogP) is 5.33. The number of amides is 2. The number of hydrogen-bond donors (Lipinski definition) is 1. The number of para-hydroxylation sites is 2. The van der Waals surface area contributed by atoms with E-state index in [1.165, 1.54) is 12.0 Å². The van der Waals surface area contributed by atoms with Gasteiger partial charge in [0.25, 0.3) is 11.8 Å². The van der Waals surface area contributed by atoms with Crippen molar-refractivity contribution >= 4 is 64.3 Å². The average Bonchev–Trinajstić information content (AvgIpc) is 2.79. The smallest absolute Gasteiger partial charge is 0.270 e. The fourth-order valence-corrected chi connectivity index (χ4v) is 4.34. The first-order chi connectivity index (χ1) is 15.5. The number of carbonyl (C=O) groups excluding carboxylic acids is 2. The van der Waals surface area contributed by atoms with Crippen LogP contribution in [0, 0.1) is 0 Å². The van der Waals surface area contributed by atoms with Crippen molar-refractivity contribution in [2.75, 3.05) is 12.0 Å². The molecule has 3 aromatic carbocycles. The van der Waals surface area contributed by atoms with Gasteiger partial charge in [-0.25, -0.2) is 4.90 Å². The highest BCUT2D eigenvalue weighted by Crippen LogP contribution is 2.32. The lowest BCUT2D eigenvalue weighted by molar-refractivity contribution is -0.122. The maximum absolute atomic E-state index is 13.2. The molecule has 0 saturated carbocycles. The SMILES string of the molecule is COc1ccccc1N1C(=O)/C(=C/c2ccc(Sc3ccc(Cl)cc3)cc2)C(=O)NC1=S. The lowest BCUT2D eigenvalue weighted by atomic mass is 10.1. The zero-order valence-electron chi connectivity index (χ0n) is 16.9. The van der Waals surface area contributed by atoms with Crippen LogP contribution in [0.5, 0.6) is 5.75 Å². The van der Waals surface area contributed by atoms with Crippen LogP contribution in [0.3, 0.4) is 0 Å². The topological polar surface area (TPSA) is 58.6 Å². The van der Waals surface area contributed by atoms with Crippen LogP contribution in [0.4, 0.5) is 5.69 Å². The van der Waals surface area contributed by atoms with Gasteiger partial charge in [-0.1, -0.05) is 47.6 Å². The molecule has 1 fully saturated rings. The maximum atomic E-state index is 13.2. The molecule has 3 aromatic rings. The van der Waals surface area contributed by atoms with E-state index in [0.717, 1.165) is 15.4 Å². The molecule has 1 aliphatic rings. The minimum Gasteiger partial charge on any atom is -0.495 e. The van der Waals surface area contributed by atoms with Crippen LogP contribution in [0.15, 0.2) is 88.2 Å². The van der Waals surface area contributed by atoms with E-state index in [9.17, 15) is 9.59 Å². The first-order valence-electron chi connectivity index (χ1n) is 9.54. The summed E-state index contributed by atoms with van der Waals surface area (Å²) in [6.07, 6.45) is 1.55. The number of hydrogen-bond acceptors (Lipinski definition) is 5. The van der Waals surface area contributed by atoms with Gasteiger partial charge in [-0.15, -0.1) is 0 Å². The second-order valence-corrected chi connectivity index (χ2v) is 8.72. The summed E-state index contributed by atoms with van der Waals surface area (Å²) in [5.41, 5.74) is 1.17. The third kappa shape index (κ3) is 4.70. The molecule has 1 saturated heterocycles. The van der Waals surface area contributed by atoms with E-state index >= 15 is 0 Å². The Hall–Kier alpha value is -3.13. The molecule has 160 valence electrons. The Balaban J connectivity index is 1.59. The van der Waals surface area contributed by atoms with Gasteiger partial charge in [0.2, 0.25) is 0 Å². The molecule has 1 heterocycles. The zero-order chi connectivity index (χ0) is 22.7. The molecule has 32 heavy (non-hydrogen) atoms. The molecule has 2 amide bonds. The van der Waals surface area contributed by atoms with E-state index in [2.05, 4.69) is 5.32 Å². The van der Waals surface area contributed by atoms with Gasteiger partial charge in [-0.3, -0.25) is 14.9 Å². The third-order valence-electron chi connectivity index (χ3n) is 4.67. The Morgan fingerprint density at radius 2 is 1.59 bits per heavy atom. The third-order valence-corrected chi connectivity index (χ3v) is 6.22. The molecule has 8 heteroatoms. The predicted molar refractivity (Wildman–Crippen MR) is 131 cm³/mol. The van der Waals surface area contributed by atoms with Gasteiger partial charge in [0.15, 0.2) is 5.11 Å². The van der Waals surface area contributed by atoms with Crippen molar-refractivity contribution in [3.8, 4) is 5.75 Å². The van der Waals surface area contributed by atoms with Gasteiger partial charge >= 0.3 is 0 Å². The Morgan fingerprint density at radius 3 is 2.25 bits per heavy atom. The molecule has 0 aromatic heterocycles. The van der Waals surface area contributed by atoms with Crippen molar-refractivity contribution < 1.29 is 14.3 Å². The minimum absolute atomic E-state index is 0.0105. The fourth-order valence-electron chi connectivity index (χ4n) is 3.13.